The average Bonchev–Trinajstić information content (AvgIpc) is 3.29. The molecular formula is C19H22F3N3O4S. The van der Waals surface area contributed by atoms with Crippen molar-refractivity contribution in [2.24, 2.45) is 11.8 Å². The lowest BCUT2D eigenvalue weighted by Crippen LogP contribution is -2.49. The molecule has 2 amide bonds. The van der Waals surface area contributed by atoms with Gasteiger partial charge in [0.15, 0.2) is 0 Å². The van der Waals surface area contributed by atoms with Crippen molar-refractivity contribution in [3.63, 3.8) is 0 Å². The number of likely N-dealkylation sites (tertiary alicyclic amines) is 1. The largest absolute Gasteiger partial charge is 0.394 e. The number of amides is 2. The molecule has 0 aromatic heterocycles. The van der Waals surface area contributed by atoms with Gasteiger partial charge in [-0.1, -0.05) is 0 Å². The summed E-state index contributed by atoms with van der Waals surface area (Å²) < 4.78 is 65.9. The van der Waals surface area contributed by atoms with Crippen molar-refractivity contribution in [1.82, 2.24) is 14.1 Å². The number of sulfonamides is 1. The van der Waals surface area contributed by atoms with Gasteiger partial charge < -0.3 is 9.80 Å². The molecule has 0 radical (unpaired) electrons. The summed E-state index contributed by atoms with van der Waals surface area (Å²) in [5, 5.41) is 0. The predicted octanol–water partition coefficient (Wildman–Crippen LogP) is 1.56. The molecule has 2 aliphatic heterocycles. The second-order valence-corrected chi connectivity index (χ2v) is 9.88. The summed E-state index contributed by atoms with van der Waals surface area (Å²) in [6, 6.07) is 4.50. The maximum absolute atomic E-state index is 13.0. The first-order chi connectivity index (χ1) is 14.0. The van der Waals surface area contributed by atoms with E-state index in [4.69, 9.17) is 0 Å². The number of hydrogen-bond acceptors (Lipinski definition) is 4. The highest BCUT2D eigenvalue weighted by Gasteiger charge is 2.69. The fourth-order valence-electron chi connectivity index (χ4n) is 4.57. The van der Waals surface area contributed by atoms with Gasteiger partial charge in [-0.3, -0.25) is 9.59 Å². The van der Waals surface area contributed by atoms with Crippen LogP contribution in [0.3, 0.4) is 0 Å². The normalized spacial score (nSPS) is 27.1. The molecule has 0 spiro atoms. The maximum Gasteiger partial charge on any atom is 0.394 e. The van der Waals surface area contributed by atoms with Crippen molar-refractivity contribution in [2.45, 2.75) is 30.5 Å². The molecule has 11 heteroatoms. The smallest absolute Gasteiger partial charge is 0.340 e. The molecule has 1 saturated carbocycles. The molecular weight excluding hydrogens is 423 g/mol. The first kappa shape index (κ1) is 21.1. The van der Waals surface area contributed by atoms with Gasteiger partial charge in [-0.05, 0) is 36.6 Å². The standard InChI is InChI=1S/C19H22F3N3O4S/c1-12(26)23-8-10-24(11-9-23)30(28,29)14-4-2-13(3-5-14)18(27)25-7-6-15-16(17(15)25)19(20,21)22/h2-5,15-17H,6-11H2,1H3/t15-,16-,17+/m0/s1. The summed E-state index contributed by atoms with van der Waals surface area (Å²) in [7, 11) is -3.78. The van der Waals surface area contributed by atoms with Crippen LogP contribution in [0.15, 0.2) is 29.2 Å². The third kappa shape index (κ3) is 3.58. The van der Waals surface area contributed by atoms with Gasteiger partial charge in [-0.15, -0.1) is 0 Å². The molecule has 1 aromatic carbocycles. The summed E-state index contributed by atoms with van der Waals surface area (Å²) >= 11 is 0. The van der Waals surface area contributed by atoms with E-state index in [1.807, 2.05) is 0 Å². The van der Waals surface area contributed by atoms with E-state index in [9.17, 15) is 31.2 Å². The number of nitrogens with zero attached hydrogens (tertiary/aromatic N) is 3. The highest BCUT2D eigenvalue weighted by Crippen LogP contribution is 2.58. The second kappa shape index (κ2) is 7.23. The minimum Gasteiger partial charge on any atom is -0.340 e. The Labute approximate surface area is 172 Å². The van der Waals surface area contributed by atoms with Crippen molar-refractivity contribution < 1.29 is 31.2 Å². The van der Waals surface area contributed by atoms with Gasteiger partial charge >= 0.3 is 6.18 Å². The Balaban J connectivity index is 1.44. The summed E-state index contributed by atoms with van der Waals surface area (Å²) in [4.78, 5) is 26.9. The van der Waals surface area contributed by atoms with Gasteiger partial charge in [0.05, 0.1) is 10.8 Å². The number of rotatable bonds is 3. The number of benzene rings is 1. The van der Waals surface area contributed by atoms with E-state index < -0.39 is 40.0 Å². The Kier molecular flexibility index (Phi) is 5.08. The Hall–Kier alpha value is -2.14. The van der Waals surface area contributed by atoms with Crippen molar-refractivity contribution >= 4 is 21.8 Å². The summed E-state index contributed by atoms with van der Waals surface area (Å²) in [5.74, 6) is -2.60. The van der Waals surface area contributed by atoms with Gasteiger partial charge in [0.25, 0.3) is 5.91 Å². The third-order valence-electron chi connectivity index (χ3n) is 6.25. The average molecular weight is 445 g/mol. The highest BCUT2D eigenvalue weighted by atomic mass is 32.2. The molecule has 2 heterocycles. The lowest BCUT2D eigenvalue weighted by molar-refractivity contribution is -0.156. The van der Waals surface area contributed by atoms with Crippen LogP contribution in [0, 0.1) is 11.8 Å². The molecule has 164 valence electrons. The van der Waals surface area contributed by atoms with Crippen molar-refractivity contribution in [3.05, 3.63) is 29.8 Å². The summed E-state index contributed by atoms with van der Waals surface area (Å²) in [6.45, 7) is 2.69. The molecule has 0 N–H and O–H groups in total. The zero-order valence-corrected chi connectivity index (χ0v) is 17.1. The van der Waals surface area contributed by atoms with Gasteiger partial charge in [0, 0.05) is 51.3 Å². The Morgan fingerprint density at radius 1 is 1.00 bits per heavy atom. The van der Waals surface area contributed by atoms with E-state index >= 15 is 0 Å². The van der Waals surface area contributed by atoms with Crippen LogP contribution in [0.2, 0.25) is 0 Å². The van der Waals surface area contributed by atoms with Crippen molar-refractivity contribution in [2.75, 3.05) is 32.7 Å². The van der Waals surface area contributed by atoms with Crippen LogP contribution in [-0.4, -0.2) is 79.3 Å². The number of piperazine rings is 1. The SMILES string of the molecule is CC(=O)N1CCN(S(=O)(=O)c2ccc(C(=O)N3CC[C@@H]4[C@@H]3[C@H]4C(F)(F)F)cc2)CC1. The quantitative estimate of drug-likeness (QED) is 0.708. The first-order valence-electron chi connectivity index (χ1n) is 9.75. The number of fused-ring (bicyclic) bond motifs is 1. The Bertz CT molecular complexity index is 956. The van der Waals surface area contributed by atoms with Crippen LogP contribution in [0.1, 0.15) is 23.7 Å². The minimum absolute atomic E-state index is 0.00853. The lowest BCUT2D eigenvalue weighted by Gasteiger charge is -2.33. The lowest BCUT2D eigenvalue weighted by atomic mass is 10.2. The number of alkyl halides is 3. The molecule has 0 bridgehead atoms. The van der Waals surface area contributed by atoms with Crippen LogP contribution in [-0.2, 0) is 14.8 Å². The topological polar surface area (TPSA) is 78.0 Å². The number of halogens is 3. The zero-order valence-electron chi connectivity index (χ0n) is 16.3. The van der Waals surface area contributed by atoms with Crippen LogP contribution in [0.5, 0.6) is 0 Å². The summed E-state index contributed by atoms with van der Waals surface area (Å²) in [6.07, 6.45) is -3.97. The van der Waals surface area contributed by atoms with E-state index in [1.54, 1.807) is 4.90 Å². The zero-order chi connectivity index (χ0) is 21.8. The fraction of sp³-hybridized carbons (Fsp3) is 0.579. The Morgan fingerprint density at radius 3 is 2.10 bits per heavy atom. The van der Waals surface area contributed by atoms with Crippen LogP contribution >= 0.6 is 0 Å². The van der Waals surface area contributed by atoms with Gasteiger partial charge in [-0.25, -0.2) is 8.42 Å². The third-order valence-corrected chi connectivity index (χ3v) is 8.16. The molecule has 1 aliphatic carbocycles. The first-order valence-corrected chi connectivity index (χ1v) is 11.2. The maximum atomic E-state index is 13.0. The molecule has 0 unspecified atom stereocenters. The summed E-state index contributed by atoms with van der Waals surface area (Å²) in [5.41, 5.74) is 0.170. The number of piperidine rings is 1. The van der Waals surface area contributed by atoms with Gasteiger partial charge in [-0.2, -0.15) is 17.5 Å². The molecule has 30 heavy (non-hydrogen) atoms. The molecule has 7 nitrogen and oxygen atoms in total. The molecule has 4 rings (SSSR count). The second-order valence-electron chi connectivity index (χ2n) is 7.94. The van der Waals surface area contributed by atoms with Crippen molar-refractivity contribution in [1.29, 1.82) is 0 Å². The predicted molar refractivity (Wildman–Crippen MR) is 99.9 cm³/mol. The Morgan fingerprint density at radius 2 is 1.60 bits per heavy atom. The van der Waals surface area contributed by atoms with E-state index in [1.165, 1.54) is 40.4 Å². The molecule has 3 atom stereocenters. The monoisotopic (exact) mass is 445 g/mol. The van der Waals surface area contributed by atoms with E-state index in [2.05, 4.69) is 0 Å². The molecule has 1 aromatic rings. The van der Waals surface area contributed by atoms with Crippen LogP contribution in [0.25, 0.3) is 0 Å². The highest BCUT2D eigenvalue weighted by molar-refractivity contribution is 7.89. The van der Waals surface area contributed by atoms with Crippen molar-refractivity contribution in [3.8, 4) is 0 Å². The van der Waals surface area contributed by atoms with E-state index in [0.717, 1.165) is 0 Å². The minimum atomic E-state index is -4.31. The molecule has 3 aliphatic rings. The van der Waals surface area contributed by atoms with Gasteiger partial charge in [0.1, 0.15) is 0 Å². The number of carbonyl (C=O) groups is 2. The molecule has 2 saturated heterocycles. The van der Waals surface area contributed by atoms with Gasteiger partial charge in [0.2, 0.25) is 15.9 Å². The van der Waals surface area contributed by atoms with Crippen LogP contribution in [0.4, 0.5) is 13.2 Å². The number of carbonyl (C=O) groups excluding carboxylic acids is 2. The molecule has 3 fully saturated rings. The van der Waals surface area contributed by atoms with Crippen LogP contribution < -0.4 is 0 Å². The van der Waals surface area contributed by atoms with E-state index in [-0.39, 0.29) is 36.0 Å². The van der Waals surface area contributed by atoms with E-state index in [0.29, 0.717) is 19.5 Å². The fourth-order valence-corrected chi connectivity index (χ4v) is 5.99. The number of hydrogen-bond donors (Lipinski definition) is 0.